The zero-order chi connectivity index (χ0) is 26.6. The molecule has 1 unspecified atom stereocenters. The number of unbranched alkanes of at least 4 members (excludes halogenated alkanes) is 1. The number of hydrogen-bond acceptors (Lipinski definition) is 0. The highest BCUT2D eigenvalue weighted by Gasteiger charge is 2.32. The third kappa shape index (κ3) is 3.52. The molecule has 6 aromatic rings. The molecule has 0 saturated carbocycles. The van der Waals surface area contributed by atoms with E-state index in [1.807, 2.05) is 0 Å². The largest absolute Gasteiger partial charge is 0.0654 e. The standard InChI is InChI=1S/C40H32/c1-2-3-12-28-25-39-34(37-23-26-13-4-6-15-29(26)31-17-8-9-18-33(31)37)20-11-22-36(39)40(28)35-21-10-19-32-30-16-7-5-14-27(30)24-38(32)35/h4-11,13-23,25,40H,2-3,12,24H2,1H3. The number of benzene rings is 6. The second-order valence-electron chi connectivity index (χ2n) is 11.5. The highest BCUT2D eigenvalue weighted by Crippen LogP contribution is 2.50. The van der Waals surface area contributed by atoms with Crippen LogP contribution in [0.4, 0.5) is 0 Å². The minimum atomic E-state index is 0.317. The molecule has 0 aliphatic heterocycles. The van der Waals surface area contributed by atoms with Crippen molar-refractivity contribution in [2.75, 3.05) is 0 Å². The fourth-order valence-corrected chi connectivity index (χ4v) is 7.39. The van der Waals surface area contributed by atoms with Crippen LogP contribution in [0.2, 0.25) is 0 Å². The molecule has 0 heteroatoms. The summed E-state index contributed by atoms with van der Waals surface area (Å²) < 4.78 is 0. The molecule has 0 amide bonds. The van der Waals surface area contributed by atoms with Crippen LogP contribution >= 0.6 is 0 Å². The third-order valence-corrected chi connectivity index (χ3v) is 9.23. The summed E-state index contributed by atoms with van der Waals surface area (Å²) in [4.78, 5) is 0. The molecular weight excluding hydrogens is 480 g/mol. The van der Waals surface area contributed by atoms with Crippen LogP contribution in [0.15, 0.2) is 121 Å². The molecule has 0 spiro atoms. The molecule has 0 bridgehead atoms. The van der Waals surface area contributed by atoms with E-state index >= 15 is 0 Å². The summed E-state index contributed by atoms with van der Waals surface area (Å²) in [5.74, 6) is 0.317. The Morgan fingerprint density at radius 2 is 1.30 bits per heavy atom. The van der Waals surface area contributed by atoms with Crippen LogP contribution < -0.4 is 0 Å². The van der Waals surface area contributed by atoms with Crippen molar-refractivity contribution in [1.29, 1.82) is 0 Å². The van der Waals surface area contributed by atoms with Gasteiger partial charge in [0.2, 0.25) is 0 Å². The highest BCUT2D eigenvalue weighted by molar-refractivity contribution is 6.14. The molecule has 0 nitrogen and oxygen atoms in total. The second-order valence-corrected chi connectivity index (χ2v) is 11.5. The molecule has 0 N–H and O–H groups in total. The Balaban J connectivity index is 1.35. The van der Waals surface area contributed by atoms with Gasteiger partial charge in [-0.25, -0.2) is 0 Å². The molecule has 1 atom stereocenters. The predicted octanol–water partition coefficient (Wildman–Crippen LogP) is 11.0. The van der Waals surface area contributed by atoms with Crippen LogP contribution in [0.5, 0.6) is 0 Å². The van der Waals surface area contributed by atoms with E-state index in [2.05, 4.69) is 128 Å². The molecular formula is C40H32. The van der Waals surface area contributed by atoms with E-state index in [1.54, 1.807) is 5.57 Å². The van der Waals surface area contributed by atoms with Crippen LogP contribution in [0.25, 0.3) is 49.9 Å². The van der Waals surface area contributed by atoms with Crippen LogP contribution in [0.1, 0.15) is 59.9 Å². The normalized spacial score (nSPS) is 15.2. The van der Waals surface area contributed by atoms with Crippen molar-refractivity contribution in [2.24, 2.45) is 0 Å². The summed E-state index contributed by atoms with van der Waals surface area (Å²) in [7, 11) is 0. The van der Waals surface area contributed by atoms with Crippen molar-refractivity contribution < 1.29 is 0 Å². The van der Waals surface area contributed by atoms with E-state index in [4.69, 9.17) is 0 Å². The monoisotopic (exact) mass is 512 g/mol. The first-order chi connectivity index (χ1) is 19.8. The van der Waals surface area contributed by atoms with E-state index in [9.17, 15) is 0 Å². The van der Waals surface area contributed by atoms with Crippen LogP contribution in [-0.4, -0.2) is 0 Å². The molecule has 0 fully saturated rings. The van der Waals surface area contributed by atoms with Gasteiger partial charge in [0.1, 0.15) is 0 Å². The molecule has 2 aliphatic carbocycles. The average molecular weight is 513 g/mol. The Labute approximate surface area is 236 Å². The molecule has 2 aliphatic rings. The van der Waals surface area contributed by atoms with Crippen LogP contribution in [0.3, 0.4) is 0 Å². The van der Waals surface area contributed by atoms with Crippen molar-refractivity contribution in [3.8, 4) is 22.3 Å². The third-order valence-electron chi connectivity index (χ3n) is 9.23. The second kappa shape index (κ2) is 9.35. The lowest BCUT2D eigenvalue weighted by Crippen LogP contribution is -2.05. The van der Waals surface area contributed by atoms with Crippen LogP contribution in [-0.2, 0) is 6.42 Å². The first-order valence-corrected chi connectivity index (χ1v) is 14.8. The van der Waals surface area contributed by atoms with Gasteiger partial charge >= 0.3 is 0 Å². The molecule has 6 aromatic carbocycles. The lowest BCUT2D eigenvalue weighted by atomic mass is 9.82. The number of fused-ring (bicyclic) bond motifs is 7. The fourth-order valence-electron chi connectivity index (χ4n) is 7.39. The van der Waals surface area contributed by atoms with Gasteiger partial charge in [-0.3, -0.25) is 0 Å². The molecule has 192 valence electrons. The first kappa shape index (κ1) is 23.5. The summed E-state index contributed by atoms with van der Waals surface area (Å²) >= 11 is 0. The Kier molecular flexibility index (Phi) is 5.48. The minimum absolute atomic E-state index is 0.317. The van der Waals surface area contributed by atoms with Gasteiger partial charge in [-0.15, -0.1) is 0 Å². The van der Waals surface area contributed by atoms with Crippen LogP contribution in [0, 0.1) is 0 Å². The van der Waals surface area contributed by atoms with Gasteiger partial charge in [0.05, 0.1) is 0 Å². The van der Waals surface area contributed by atoms with Gasteiger partial charge in [-0.05, 0) is 96.9 Å². The maximum absolute atomic E-state index is 2.55. The number of allylic oxidation sites excluding steroid dienone is 1. The molecule has 0 aromatic heterocycles. The SMILES string of the molecule is CCCCC1=Cc2c(-c3cc4ccccc4c4ccccc34)cccc2C1c1cccc2c1Cc1ccccc1-2. The Hall–Kier alpha value is -4.42. The minimum Gasteiger partial charge on any atom is -0.0654 e. The molecule has 0 heterocycles. The summed E-state index contributed by atoms with van der Waals surface area (Å²) in [6.07, 6.45) is 7.16. The molecule has 0 radical (unpaired) electrons. The molecule has 40 heavy (non-hydrogen) atoms. The van der Waals surface area contributed by atoms with Gasteiger partial charge in [-0.1, -0.05) is 134 Å². The summed E-state index contributed by atoms with van der Waals surface area (Å²) in [5, 5.41) is 5.29. The van der Waals surface area contributed by atoms with Crippen molar-refractivity contribution in [1.82, 2.24) is 0 Å². The lowest BCUT2D eigenvalue weighted by Gasteiger charge is -2.22. The maximum atomic E-state index is 2.55. The Morgan fingerprint density at radius 3 is 2.17 bits per heavy atom. The fraction of sp³-hybridized carbons (Fsp3) is 0.150. The summed E-state index contributed by atoms with van der Waals surface area (Å²) in [6, 6.07) is 43.2. The van der Waals surface area contributed by atoms with Gasteiger partial charge in [0.15, 0.2) is 0 Å². The first-order valence-electron chi connectivity index (χ1n) is 14.8. The van der Waals surface area contributed by atoms with Gasteiger partial charge in [0.25, 0.3) is 0 Å². The topological polar surface area (TPSA) is 0 Å². The van der Waals surface area contributed by atoms with Gasteiger partial charge < -0.3 is 0 Å². The highest BCUT2D eigenvalue weighted by atomic mass is 14.4. The summed E-state index contributed by atoms with van der Waals surface area (Å²) in [5.41, 5.74) is 14.4. The van der Waals surface area contributed by atoms with Crippen molar-refractivity contribution >= 4 is 27.6 Å². The zero-order valence-corrected chi connectivity index (χ0v) is 23.0. The van der Waals surface area contributed by atoms with E-state index < -0.39 is 0 Å². The van der Waals surface area contributed by atoms with E-state index in [0.717, 1.165) is 12.8 Å². The van der Waals surface area contributed by atoms with Crippen molar-refractivity contribution in [2.45, 2.75) is 38.5 Å². The van der Waals surface area contributed by atoms with Crippen molar-refractivity contribution in [3.05, 3.63) is 149 Å². The molecule has 0 saturated heterocycles. The quantitative estimate of drug-likeness (QED) is 0.201. The van der Waals surface area contributed by atoms with Gasteiger partial charge in [-0.2, -0.15) is 0 Å². The average Bonchev–Trinajstić information content (AvgIpc) is 3.58. The van der Waals surface area contributed by atoms with E-state index in [-0.39, 0.29) is 0 Å². The van der Waals surface area contributed by atoms with Gasteiger partial charge in [0, 0.05) is 5.92 Å². The van der Waals surface area contributed by atoms with E-state index in [0.29, 0.717) is 5.92 Å². The predicted molar refractivity (Wildman–Crippen MR) is 171 cm³/mol. The van der Waals surface area contributed by atoms with E-state index in [1.165, 1.54) is 84.5 Å². The zero-order valence-electron chi connectivity index (χ0n) is 23.0. The maximum Gasteiger partial charge on any atom is 0.0311 e. The molecule has 8 rings (SSSR count). The number of rotatable bonds is 5. The Morgan fingerprint density at radius 1 is 0.600 bits per heavy atom. The number of hydrogen-bond donors (Lipinski definition) is 0. The van der Waals surface area contributed by atoms with Crippen molar-refractivity contribution in [3.63, 3.8) is 0 Å². The lowest BCUT2D eigenvalue weighted by molar-refractivity contribution is 0.753. The smallest absolute Gasteiger partial charge is 0.0311 e. The summed E-state index contributed by atoms with van der Waals surface area (Å²) in [6.45, 7) is 2.31. The Bertz CT molecular complexity index is 1970.